The minimum atomic E-state index is -0.402. The van der Waals surface area contributed by atoms with Gasteiger partial charge in [0, 0.05) is 12.6 Å². The summed E-state index contributed by atoms with van der Waals surface area (Å²) in [5.41, 5.74) is 0. The molecule has 3 atom stereocenters. The van der Waals surface area contributed by atoms with Crippen molar-refractivity contribution in [2.75, 3.05) is 6.54 Å². The highest BCUT2D eigenvalue weighted by Gasteiger charge is 2.39. The number of rotatable bonds is 3. The van der Waals surface area contributed by atoms with Crippen molar-refractivity contribution in [3.63, 3.8) is 0 Å². The molecule has 1 amide bonds. The highest BCUT2D eigenvalue weighted by Crippen LogP contribution is 2.37. The zero-order chi connectivity index (χ0) is 12.3. The molecule has 3 unspecified atom stereocenters. The third-order valence-electron chi connectivity index (χ3n) is 4.32. The van der Waals surface area contributed by atoms with Gasteiger partial charge in [-0.25, -0.2) is 0 Å². The average Bonchev–Trinajstić information content (AvgIpc) is 2.79. The molecule has 94 valence electrons. The number of likely N-dealkylation sites (tertiary alicyclic amines) is 1. The molecule has 0 spiro atoms. The summed E-state index contributed by atoms with van der Waals surface area (Å²) in [5.74, 6) is 0.415. The maximum absolute atomic E-state index is 12.3. The molecule has 0 aromatic heterocycles. The maximum Gasteiger partial charge on any atom is 0.240 e. The largest absolute Gasteiger partial charge is 0.338 e. The summed E-state index contributed by atoms with van der Waals surface area (Å²) in [6.45, 7) is 2.92. The number of carbonyl (C=O) groups is 1. The van der Waals surface area contributed by atoms with Crippen molar-refractivity contribution in [1.82, 2.24) is 4.90 Å². The fourth-order valence-corrected chi connectivity index (χ4v) is 3.41. The van der Waals surface area contributed by atoms with Crippen LogP contribution >= 0.6 is 0 Å². The van der Waals surface area contributed by atoms with E-state index < -0.39 is 5.92 Å². The van der Waals surface area contributed by atoms with Gasteiger partial charge in [0.15, 0.2) is 0 Å². The van der Waals surface area contributed by atoms with E-state index >= 15 is 0 Å². The Morgan fingerprint density at radius 1 is 1.41 bits per heavy atom. The van der Waals surface area contributed by atoms with Gasteiger partial charge in [0.2, 0.25) is 5.91 Å². The zero-order valence-electron chi connectivity index (χ0n) is 10.7. The van der Waals surface area contributed by atoms with Crippen LogP contribution in [0.15, 0.2) is 0 Å². The molecule has 1 heterocycles. The molecule has 2 fully saturated rings. The van der Waals surface area contributed by atoms with Gasteiger partial charge in [-0.05, 0) is 31.6 Å². The van der Waals surface area contributed by atoms with Crippen LogP contribution in [0.1, 0.15) is 51.9 Å². The number of nitriles is 1. The lowest BCUT2D eigenvalue weighted by Crippen LogP contribution is -2.42. The van der Waals surface area contributed by atoms with Gasteiger partial charge >= 0.3 is 0 Å². The Morgan fingerprint density at radius 3 is 2.88 bits per heavy atom. The van der Waals surface area contributed by atoms with Gasteiger partial charge in [-0.1, -0.05) is 26.2 Å². The first-order valence-corrected chi connectivity index (χ1v) is 6.98. The quantitative estimate of drug-likeness (QED) is 0.753. The van der Waals surface area contributed by atoms with E-state index in [0.717, 1.165) is 25.8 Å². The molecule has 0 aromatic rings. The zero-order valence-corrected chi connectivity index (χ0v) is 10.7. The first kappa shape index (κ1) is 12.4. The van der Waals surface area contributed by atoms with Crippen molar-refractivity contribution in [3.05, 3.63) is 0 Å². The third-order valence-corrected chi connectivity index (χ3v) is 4.32. The lowest BCUT2D eigenvalue weighted by Gasteiger charge is -2.32. The highest BCUT2D eigenvalue weighted by atomic mass is 16.2. The van der Waals surface area contributed by atoms with E-state index in [-0.39, 0.29) is 5.91 Å². The Kier molecular flexibility index (Phi) is 4.04. The third kappa shape index (κ3) is 2.46. The smallest absolute Gasteiger partial charge is 0.240 e. The molecule has 0 aromatic carbocycles. The van der Waals surface area contributed by atoms with E-state index in [0.29, 0.717) is 18.4 Å². The fraction of sp³-hybridized carbons (Fsp3) is 0.857. The lowest BCUT2D eigenvalue weighted by molar-refractivity contribution is -0.135. The van der Waals surface area contributed by atoms with E-state index in [1.807, 2.05) is 11.8 Å². The van der Waals surface area contributed by atoms with Gasteiger partial charge in [-0.15, -0.1) is 0 Å². The molecule has 2 aliphatic rings. The van der Waals surface area contributed by atoms with Crippen LogP contribution in [0.4, 0.5) is 0 Å². The summed E-state index contributed by atoms with van der Waals surface area (Å²) >= 11 is 0. The average molecular weight is 234 g/mol. The van der Waals surface area contributed by atoms with E-state index in [2.05, 4.69) is 6.07 Å². The Hall–Kier alpha value is -1.04. The Balaban J connectivity index is 2.02. The summed E-state index contributed by atoms with van der Waals surface area (Å²) in [6, 6.07) is 2.63. The van der Waals surface area contributed by atoms with Crippen molar-refractivity contribution < 1.29 is 4.79 Å². The van der Waals surface area contributed by atoms with Crippen LogP contribution in [0.25, 0.3) is 0 Å². The molecule has 3 heteroatoms. The molecule has 1 aliphatic carbocycles. The SMILES string of the molecule is CCCC(C#N)C(=O)N1CCC2CCCCC21. The molecular weight excluding hydrogens is 212 g/mol. The number of hydrogen-bond acceptors (Lipinski definition) is 2. The molecule has 17 heavy (non-hydrogen) atoms. The Bertz CT molecular complexity index is 321. The molecule has 1 aliphatic heterocycles. The number of carbonyl (C=O) groups excluding carboxylic acids is 1. The number of nitrogens with zero attached hydrogens (tertiary/aromatic N) is 2. The minimum Gasteiger partial charge on any atom is -0.338 e. The van der Waals surface area contributed by atoms with Crippen molar-refractivity contribution in [2.45, 2.75) is 57.9 Å². The van der Waals surface area contributed by atoms with Crippen molar-refractivity contribution in [1.29, 1.82) is 5.26 Å². The van der Waals surface area contributed by atoms with Crippen LogP contribution in [0.5, 0.6) is 0 Å². The van der Waals surface area contributed by atoms with Crippen LogP contribution in [0.2, 0.25) is 0 Å². The first-order valence-electron chi connectivity index (χ1n) is 6.98. The molecule has 0 radical (unpaired) electrons. The molecular formula is C14H22N2O. The maximum atomic E-state index is 12.3. The second-order valence-electron chi connectivity index (χ2n) is 5.40. The van der Waals surface area contributed by atoms with Gasteiger partial charge in [0.05, 0.1) is 6.07 Å². The Morgan fingerprint density at radius 2 is 2.18 bits per heavy atom. The van der Waals surface area contributed by atoms with Crippen LogP contribution in [0, 0.1) is 23.2 Å². The summed E-state index contributed by atoms with van der Waals surface area (Å²) in [6.07, 6.45) is 7.77. The van der Waals surface area contributed by atoms with E-state index in [1.54, 1.807) is 0 Å². The first-order chi connectivity index (χ1) is 8.27. The summed E-state index contributed by atoms with van der Waals surface area (Å²) < 4.78 is 0. The summed E-state index contributed by atoms with van der Waals surface area (Å²) in [7, 11) is 0. The van der Waals surface area contributed by atoms with E-state index in [1.165, 1.54) is 19.3 Å². The normalized spacial score (nSPS) is 29.5. The topological polar surface area (TPSA) is 44.1 Å². The molecule has 1 saturated carbocycles. The minimum absolute atomic E-state index is 0.101. The van der Waals surface area contributed by atoms with Crippen LogP contribution in [-0.4, -0.2) is 23.4 Å². The number of hydrogen-bond donors (Lipinski definition) is 0. The molecule has 1 saturated heterocycles. The number of fused-ring (bicyclic) bond motifs is 1. The second kappa shape index (κ2) is 5.53. The molecule has 3 nitrogen and oxygen atoms in total. The summed E-state index contributed by atoms with van der Waals surface area (Å²) in [4.78, 5) is 14.3. The van der Waals surface area contributed by atoms with Crippen LogP contribution in [-0.2, 0) is 4.79 Å². The van der Waals surface area contributed by atoms with Crippen molar-refractivity contribution in [2.24, 2.45) is 11.8 Å². The van der Waals surface area contributed by atoms with Gasteiger partial charge in [0.1, 0.15) is 5.92 Å². The molecule has 2 rings (SSSR count). The van der Waals surface area contributed by atoms with Crippen molar-refractivity contribution >= 4 is 5.91 Å². The second-order valence-corrected chi connectivity index (χ2v) is 5.40. The van der Waals surface area contributed by atoms with Gasteiger partial charge in [0.25, 0.3) is 0 Å². The van der Waals surface area contributed by atoms with Gasteiger partial charge < -0.3 is 4.90 Å². The van der Waals surface area contributed by atoms with E-state index in [9.17, 15) is 4.79 Å². The van der Waals surface area contributed by atoms with E-state index in [4.69, 9.17) is 5.26 Å². The number of amides is 1. The van der Waals surface area contributed by atoms with Crippen LogP contribution in [0.3, 0.4) is 0 Å². The van der Waals surface area contributed by atoms with Crippen LogP contribution < -0.4 is 0 Å². The standard InChI is InChI=1S/C14H22N2O/c1-2-5-12(10-15)14(17)16-9-8-11-6-3-4-7-13(11)16/h11-13H,2-9H2,1H3. The van der Waals surface area contributed by atoms with Gasteiger partial charge in [-0.3, -0.25) is 4.79 Å². The molecule has 0 bridgehead atoms. The molecule has 0 N–H and O–H groups in total. The monoisotopic (exact) mass is 234 g/mol. The fourth-order valence-electron chi connectivity index (χ4n) is 3.41. The lowest BCUT2D eigenvalue weighted by atomic mass is 9.85. The predicted molar refractivity (Wildman–Crippen MR) is 66.1 cm³/mol. The predicted octanol–water partition coefficient (Wildman–Crippen LogP) is 2.72. The Labute approximate surface area is 104 Å². The van der Waals surface area contributed by atoms with Gasteiger partial charge in [-0.2, -0.15) is 5.26 Å². The summed E-state index contributed by atoms with van der Waals surface area (Å²) in [5, 5.41) is 9.09. The highest BCUT2D eigenvalue weighted by molar-refractivity contribution is 5.81. The van der Waals surface area contributed by atoms with Crippen molar-refractivity contribution in [3.8, 4) is 6.07 Å².